The first-order chi connectivity index (χ1) is 17.5. The van der Waals surface area contributed by atoms with Gasteiger partial charge in [-0.3, -0.25) is 4.79 Å². The Morgan fingerprint density at radius 3 is 2.39 bits per heavy atom. The molecule has 8 heteroatoms. The van der Waals surface area contributed by atoms with Gasteiger partial charge in [0.1, 0.15) is 5.52 Å². The number of anilines is 1. The molecule has 0 saturated carbocycles. The van der Waals surface area contributed by atoms with Gasteiger partial charge in [0.05, 0.1) is 11.9 Å². The molecule has 0 atom stereocenters. The molecule has 0 unspecified atom stereocenters. The van der Waals surface area contributed by atoms with Crippen LogP contribution in [0.1, 0.15) is 10.4 Å². The Labute approximate surface area is 212 Å². The Morgan fingerprint density at radius 1 is 1.00 bits per heavy atom. The molecule has 2 aromatic heterocycles. The number of nitrogens with one attached hydrogen (secondary N) is 2. The average molecular weight is 484 g/mol. The molecule has 1 aliphatic heterocycles. The third-order valence-corrected chi connectivity index (χ3v) is 6.71. The van der Waals surface area contributed by atoms with Crippen molar-refractivity contribution in [2.45, 2.75) is 0 Å². The lowest BCUT2D eigenvalue weighted by Gasteiger charge is -2.34. The number of benzene rings is 2. The topological polar surface area (TPSA) is 80.4 Å². The minimum atomic E-state index is -0.0653. The van der Waals surface area contributed by atoms with E-state index < -0.39 is 0 Å². The van der Waals surface area contributed by atoms with Crippen LogP contribution in [0.3, 0.4) is 0 Å². The van der Waals surface area contributed by atoms with Crippen LogP contribution in [0.4, 0.5) is 5.69 Å². The van der Waals surface area contributed by atoms with Gasteiger partial charge in [-0.2, -0.15) is 0 Å². The van der Waals surface area contributed by atoms with Crippen molar-refractivity contribution < 1.29 is 4.79 Å². The van der Waals surface area contributed by atoms with E-state index in [2.05, 4.69) is 56.4 Å². The van der Waals surface area contributed by atoms with Gasteiger partial charge in [0.15, 0.2) is 5.65 Å². The normalized spacial score (nSPS) is 14.5. The van der Waals surface area contributed by atoms with Crippen LogP contribution in [0.15, 0.2) is 60.9 Å². The largest absolute Gasteiger partial charge is 0.369 e. The zero-order valence-electron chi connectivity index (χ0n) is 21.2. The highest BCUT2D eigenvalue weighted by atomic mass is 16.1. The first kappa shape index (κ1) is 24.0. The fourth-order valence-electron chi connectivity index (χ4n) is 4.45. The monoisotopic (exact) mass is 483 g/mol. The summed E-state index contributed by atoms with van der Waals surface area (Å²) in [7, 11) is 6.14. The lowest BCUT2D eigenvalue weighted by molar-refractivity contribution is 0.0951. The molecule has 8 nitrogen and oxygen atoms in total. The van der Waals surface area contributed by atoms with E-state index >= 15 is 0 Å². The maximum atomic E-state index is 12.4. The van der Waals surface area contributed by atoms with Crippen molar-refractivity contribution in [3.05, 3.63) is 66.5 Å². The molecule has 0 aliphatic carbocycles. The minimum absolute atomic E-state index is 0.0653. The zero-order valence-corrected chi connectivity index (χ0v) is 21.2. The third-order valence-electron chi connectivity index (χ3n) is 6.71. The van der Waals surface area contributed by atoms with Crippen LogP contribution in [0.5, 0.6) is 0 Å². The Balaban J connectivity index is 1.34. The van der Waals surface area contributed by atoms with Gasteiger partial charge in [-0.1, -0.05) is 24.3 Å². The number of nitrogens with zero attached hydrogens (tertiary/aromatic N) is 5. The molecular formula is C28H33N7O. The van der Waals surface area contributed by atoms with Crippen LogP contribution in [-0.4, -0.2) is 91.1 Å². The Morgan fingerprint density at radius 2 is 1.69 bits per heavy atom. The molecule has 0 spiro atoms. The molecule has 0 bridgehead atoms. The van der Waals surface area contributed by atoms with Crippen LogP contribution in [0.25, 0.3) is 33.5 Å². The highest BCUT2D eigenvalue weighted by Crippen LogP contribution is 2.29. The van der Waals surface area contributed by atoms with E-state index in [1.54, 1.807) is 0 Å². The second kappa shape index (κ2) is 10.5. The molecule has 1 amide bonds. The summed E-state index contributed by atoms with van der Waals surface area (Å²) in [5, 5.41) is 2.95. The number of hydrogen-bond donors (Lipinski definition) is 2. The molecule has 1 aliphatic rings. The van der Waals surface area contributed by atoms with Gasteiger partial charge in [0.2, 0.25) is 0 Å². The predicted octanol–water partition coefficient (Wildman–Crippen LogP) is 3.34. The minimum Gasteiger partial charge on any atom is -0.369 e. The summed E-state index contributed by atoms with van der Waals surface area (Å²) in [6, 6.07) is 16.2. The van der Waals surface area contributed by atoms with Crippen molar-refractivity contribution in [1.82, 2.24) is 30.1 Å². The number of likely N-dealkylation sites (N-methyl/N-ethyl adjacent to an activating group) is 2. The van der Waals surface area contributed by atoms with Crippen LogP contribution in [-0.2, 0) is 0 Å². The van der Waals surface area contributed by atoms with Gasteiger partial charge in [-0.25, -0.2) is 9.97 Å². The molecule has 5 rings (SSSR count). The zero-order chi connectivity index (χ0) is 25.1. The van der Waals surface area contributed by atoms with E-state index in [1.165, 1.54) is 5.69 Å². The number of carbonyl (C=O) groups excluding carboxylic acids is 1. The fourth-order valence-corrected chi connectivity index (χ4v) is 4.45. The number of aromatic nitrogens is 3. The third kappa shape index (κ3) is 5.24. The molecular weight excluding hydrogens is 450 g/mol. The van der Waals surface area contributed by atoms with E-state index in [-0.39, 0.29) is 5.91 Å². The van der Waals surface area contributed by atoms with Crippen LogP contribution in [0.2, 0.25) is 0 Å². The van der Waals surface area contributed by atoms with Gasteiger partial charge < -0.3 is 25.0 Å². The van der Waals surface area contributed by atoms with Gasteiger partial charge in [-0.15, -0.1) is 0 Å². The van der Waals surface area contributed by atoms with E-state index in [1.807, 2.05) is 55.7 Å². The molecule has 2 aromatic carbocycles. The molecule has 186 valence electrons. The highest BCUT2D eigenvalue weighted by Gasteiger charge is 2.15. The summed E-state index contributed by atoms with van der Waals surface area (Å²) in [5.74, 6) is -0.0653. The maximum Gasteiger partial charge on any atom is 0.251 e. The summed E-state index contributed by atoms with van der Waals surface area (Å²) in [6.45, 7) is 5.68. The van der Waals surface area contributed by atoms with Crippen molar-refractivity contribution in [2.75, 3.05) is 65.3 Å². The Hall–Kier alpha value is -3.75. The van der Waals surface area contributed by atoms with Crippen molar-refractivity contribution >= 4 is 22.8 Å². The molecule has 1 fully saturated rings. The Kier molecular flexibility index (Phi) is 6.97. The summed E-state index contributed by atoms with van der Waals surface area (Å²) in [6.07, 6.45) is 3.74. The van der Waals surface area contributed by atoms with E-state index in [9.17, 15) is 4.79 Å². The van der Waals surface area contributed by atoms with Crippen LogP contribution >= 0.6 is 0 Å². The van der Waals surface area contributed by atoms with E-state index in [0.29, 0.717) is 12.1 Å². The summed E-state index contributed by atoms with van der Waals surface area (Å²) < 4.78 is 0. The van der Waals surface area contributed by atoms with Gasteiger partial charge in [0.25, 0.3) is 5.91 Å². The van der Waals surface area contributed by atoms with Gasteiger partial charge >= 0.3 is 0 Å². The molecule has 2 N–H and O–H groups in total. The lowest BCUT2D eigenvalue weighted by Crippen LogP contribution is -2.44. The first-order valence-corrected chi connectivity index (χ1v) is 12.4. The molecule has 4 aromatic rings. The number of piperazine rings is 1. The van der Waals surface area contributed by atoms with Gasteiger partial charge in [0, 0.05) is 67.8 Å². The van der Waals surface area contributed by atoms with Crippen LogP contribution < -0.4 is 10.2 Å². The van der Waals surface area contributed by atoms with Crippen molar-refractivity contribution in [3.63, 3.8) is 0 Å². The summed E-state index contributed by atoms with van der Waals surface area (Å²) in [4.78, 5) is 32.0. The average Bonchev–Trinajstić information content (AvgIpc) is 3.32. The predicted molar refractivity (Wildman–Crippen MR) is 145 cm³/mol. The van der Waals surface area contributed by atoms with Crippen LogP contribution in [0, 0.1) is 0 Å². The SMILES string of the molecule is CN(C)CCNC(=O)c1ccc(-c2c[nH]c3ncc(-c4ccc(N5CCN(C)CC5)cc4)nc23)cc1. The number of H-pyrrole nitrogens is 1. The smallest absolute Gasteiger partial charge is 0.251 e. The lowest BCUT2D eigenvalue weighted by atomic mass is 10.1. The summed E-state index contributed by atoms with van der Waals surface area (Å²) in [5.41, 5.74) is 7.28. The van der Waals surface area contributed by atoms with E-state index in [4.69, 9.17) is 4.98 Å². The second-order valence-corrected chi connectivity index (χ2v) is 9.63. The molecule has 1 saturated heterocycles. The highest BCUT2D eigenvalue weighted by molar-refractivity contribution is 5.96. The second-order valence-electron chi connectivity index (χ2n) is 9.63. The number of fused-ring (bicyclic) bond motifs is 1. The quantitative estimate of drug-likeness (QED) is 0.420. The van der Waals surface area contributed by atoms with Gasteiger partial charge in [-0.05, 0) is 51.0 Å². The number of amides is 1. The number of hydrogen-bond acceptors (Lipinski definition) is 6. The number of rotatable bonds is 7. The van der Waals surface area contributed by atoms with Crippen molar-refractivity contribution in [2.24, 2.45) is 0 Å². The maximum absolute atomic E-state index is 12.4. The van der Waals surface area contributed by atoms with E-state index in [0.717, 1.165) is 66.3 Å². The van der Waals surface area contributed by atoms with Crippen molar-refractivity contribution in [3.8, 4) is 22.4 Å². The first-order valence-electron chi connectivity index (χ1n) is 12.4. The van der Waals surface area contributed by atoms with Crippen molar-refractivity contribution in [1.29, 1.82) is 0 Å². The Bertz CT molecular complexity index is 1320. The number of aromatic amines is 1. The molecule has 36 heavy (non-hydrogen) atoms. The number of carbonyl (C=O) groups is 1. The fraction of sp³-hybridized carbons (Fsp3) is 0.321. The molecule has 3 heterocycles. The molecule has 0 radical (unpaired) electrons. The summed E-state index contributed by atoms with van der Waals surface area (Å²) >= 11 is 0. The standard InChI is InChI=1S/C28H33N7O/c1-33(2)13-12-29-28(36)22-6-4-20(5-7-22)24-18-30-27-26(24)32-25(19-31-27)21-8-10-23(11-9-21)35-16-14-34(3)15-17-35/h4-11,18-19H,12-17H2,1-3H3,(H,29,36)(H,30,31).